The quantitative estimate of drug-likeness (QED) is 0.715. The van der Waals surface area contributed by atoms with Crippen LogP contribution in [0.25, 0.3) is 10.9 Å². The standard InChI is InChI=1S/C22H29N5O2/c1-7-15-8-10-16(11-9-15)24-18(28)13-26-21(29)20-17(19(25-26)14(2)3)12-23-27(20)22(4,5)6/h8-12,14H,7,13H2,1-6H3,(H,24,28). The molecule has 154 valence electrons. The molecule has 0 saturated heterocycles. The van der Waals surface area contributed by atoms with Crippen molar-refractivity contribution >= 4 is 22.5 Å². The van der Waals surface area contributed by atoms with Gasteiger partial charge < -0.3 is 5.32 Å². The first-order chi connectivity index (χ1) is 13.6. The van der Waals surface area contributed by atoms with Crippen molar-refractivity contribution < 1.29 is 4.79 Å². The molecule has 3 aromatic rings. The van der Waals surface area contributed by atoms with Crippen LogP contribution in [0.3, 0.4) is 0 Å². The van der Waals surface area contributed by atoms with Crippen LogP contribution in [0.4, 0.5) is 5.69 Å². The molecule has 0 aliphatic rings. The zero-order chi connectivity index (χ0) is 21.3. The summed E-state index contributed by atoms with van der Waals surface area (Å²) in [5.74, 6) is -0.202. The predicted molar refractivity (Wildman–Crippen MR) is 115 cm³/mol. The first-order valence-electron chi connectivity index (χ1n) is 9.99. The molecule has 3 rings (SSSR count). The van der Waals surface area contributed by atoms with E-state index in [2.05, 4.69) is 22.4 Å². The Balaban J connectivity index is 1.98. The van der Waals surface area contributed by atoms with Gasteiger partial charge in [0.05, 0.1) is 17.4 Å². The highest BCUT2D eigenvalue weighted by molar-refractivity contribution is 5.90. The summed E-state index contributed by atoms with van der Waals surface area (Å²) in [5.41, 5.74) is 2.46. The van der Waals surface area contributed by atoms with Crippen LogP contribution in [0.15, 0.2) is 35.3 Å². The Morgan fingerprint density at radius 1 is 1.17 bits per heavy atom. The van der Waals surface area contributed by atoms with Gasteiger partial charge >= 0.3 is 0 Å². The molecule has 1 aromatic carbocycles. The molecule has 2 aromatic heterocycles. The molecule has 0 aliphatic carbocycles. The van der Waals surface area contributed by atoms with E-state index in [0.717, 1.165) is 17.5 Å². The van der Waals surface area contributed by atoms with Gasteiger partial charge in [-0.05, 0) is 50.8 Å². The smallest absolute Gasteiger partial charge is 0.293 e. The number of benzene rings is 1. The minimum absolute atomic E-state index is 0.0895. The summed E-state index contributed by atoms with van der Waals surface area (Å²) in [6.45, 7) is 11.9. The van der Waals surface area contributed by atoms with Crippen LogP contribution in [-0.2, 0) is 23.3 Å². The van der Waals surface area contributed by atoms with Crippen molar-refractivity contribution in [3.8, 4) is 0 Å². The molecule has 0 radical (unpaired) electrons. The van der Waals surface area contributed by atoms with Gasteiger partial charge in [-0.3, -0.25) is 14.3 Å². The Morgan fingerprint density at radius 2 is 1.83 bits per heavy atom. The lowest BCUT2D eigenvalue weighted by Crippen LogP contribution is -2.34. The molecule has 0 bridgehead atoms. The van der Waals surface area contributed by atoms with Gasteiger partial charge in [-0.1, -0.05) is 32.9 Å². The van der Waals surface area contributed by atoms with E-state index >= 15 is 0 Å². The van der Waals surface area contributed by atoms with E-state index in [-0.39, 0.29) is 29.5 Å². The summed E-state index contributed by atoms with van der Waals surface area (Å²) in [4.78, 5) is 25.8. The zero-order valence-corrected chi connectivity index (χ0v) is 18.0. The van der Waals surface area contributed by atoms with E-state index in [1.54, 1.807) is 10.9 Å². The van der Waals surface area contributed by atoms with Gasteiger partial charge in [-0.15, -0.1) is 0 Å². The molecule has 7 heteroatoms. The molecule has 0 fully saturated rings. The van der Waals surface area contributed by atoms with Crippen molar-refractivity contribution in [1.29, 1.82) is 0 Å². The van der Waals surface area contributed by atoms with Gasteiger partial charge in [0, 0.05) is 11.1 Å². The Bertz CT molecular complexity index is 1090. The first kappa shape index (κ1) is 20.8. The number of carbonyl (C=O) groups excluding carboxylic acids is 1. The fraction of sp³-hybridized carbons (Fsp3) is 0.455. The normalized spacial score (nSPS) is 12.0. The molecular weight excluding hydrogens is 366 g/mol. The van der Waals surface area contributed by atoms with E-state index in [0.29, 0.717) is 11.2 Å². The lowest BCUT2D eigenvalue weighted by molar-refractivity contribution is -0.117. The van der Waals surface area contributed by atoms with Crippen LogP contribution >= 0.6 is 0 Å². The van der Waals surface area contributed by atoms with E-state index in [4.69, 9.17) is 0 Å². The molecule has 1 amide bonds. The second-order valence-corrected chi connectivity index (χ2v) is 8.59. The Hall–Kier alpha value is -2.96. The van der Waals surface area contributed by atoms with Crippen LogP contribution < -0.4 is 10.9 Å². The molecule has 0 atom stereocenters. The summed E-state index contributed by atoms with van der Waals surface area (Å²) in [5, 5.41) is 12.5. The molecule has 0 aliphatic heterocycles. The van der Waals surface area contributed by atoms with Gasteiger partial charge in [-0.2, -0.15) is 10.2 Å². The third kappa shape index (κ3) is 4.23. The molecule has 7 nitrogen and oxygen atoms in total. The first-order valence-corrected chi connectivity index (χ1v) is 9.99. The molecular formula is C22H29N5O2. The van der Waals surface area contributed by atoms with Gasteiger partial charge in [0.2, 0.25) is 5.91 Å². The second kappa shape index (κ2) is 7.81. The maximum absolute atomic E-state index is 13.2. The fourth-order valence-electron chi connectivity index (χ4n) is 3.30. The van der Waals surface area contributed by atoms with Crippen molar-refractivity contribution in [3.05, 3.63) is 52.1 Å². The van der Waals surface area contributed by atoms with Crippen molar-refractivity contribution in [2.24, 2.45) is 0 Å². The van der Waals surface area contributed by atoms with E-state index in [1.165, 1.54) is 10.2 Å². The summed E-state index contributed by atoms with van der Waals surface area (Å²) >= 11 is 0. The number of anilines is 1. The molecule has 29 heavy (non-hydrogen) atoms. The van der Waals surface area contributed by atoms with Crippen LogP contribution in [0.5, 0.6) is 0 Å². The van der Waals surface area contributed by atoms with E-state index in [1.807, 2.05) is 58.9 Å². The number of aryl methyl sites for hydroxylation is 1. The third-order valence-corrected chi connectivity index (χ3v) is 4.83. The molecule has 2 heterocycles. The number of rotatable bonds is 5. The van der Waals surface area contributed by atoms with Crippen molar-refractivity contribution in [2.75, 3.05) is 5.32 Å². The van der Waals surface area contributed by atoms with Gasteiger partial charge in [0.1, 0.15) is 12.1 Å². The van der Waals surface area contributed by atoms with Gasteiger partial charge in [0.15, 0.2) is 0 Å². The number of carbonyl (C=O) groups is 1. The molecule has 0 spiro atoms. The number of hydrogen-bond acceptors (Lipinski definition) is 4. The van der Waals surface area contributed by atoms with Crippen LogP contribution in [0.1, 0.15) is 58.7 Å². The SMILES string of the molecule is CCc1ccc(NC(=O)Cn2nc(C(C)C)c3cnn(C(C)(C)C)c3c2=O)cc1. The summed E-state index contributed by atoms with van der Waals surface area (Å²) in [7, 11) is 0. The van der Waals surface area contributed by atoms with Crippen LogP contribution in [0, 0.1) is 0 Å². The highest BCUT2D eigenvalue weighted by Gasteiger charge is 2.24. The summed E-state index contributed by atoms with van der Waals surface area (Å²) in [6.07, 6.45) is 2.64. The highest BCUT2D eigenvalue weighted by atomic mass is 16.2. The van der Waals surface area contributed by atoms with Crippen molar-refractivity contribution in [2.45, 2.75) is 66.0 Å². The predicted octanol–water partition coefficient (Wildman–Crippen LogP) is 3.67. The maximum Gasteiger partial charge on any atom is 0.293 e. The average Bonchev–Trinajstić information content (AvgIpc) is 3.10. The number of nitrogens with zero attached hydrogens (tertiary/aromatic N) is 4. The lowest BCUT2D eigenvalue weighted by atomic mass is 10.1. The van der Waals surface area contributed by atoms with Crippen LogP contribution in [0.2, 0.25) is 0 Å². The number of fused-ring (bicyclic) bond motifs is 1. The van der Waals surface area contributed by atoms with Crippen molar-refractivity contribution in [3.63, 3.8) is 0 Å². The largest absolute Gasteiger partial charge is 0.324 e. The third-order valence-electron chi connectivity index (χ3n) is 4.83. The number of nitrogens with one attached hydrogen (secondary N) is 1. The minimum Gasteiger partial charge on any atom is -0.324 e. The Labute approximate surface area is 170 Å². The fourth-order valence-corrected chi connectivity index (χ4v) is 3.30. The zero-order valence-electron chi connectivity index (χ0n) is 18.0. The Kier molecular flexibility index (Phi) is 5.59. The Morgan fingerprint density at radius 3 is 2.38 bits per heavy atom. The number of hydrogen-bond donors (Lipinski definition) is 1. The molecule has 0 saturated carbocycles. The molecule has 0 unspecified atom stereocenters. The highest BCUT2D eigenvalue weighted by Crippen LogP contribution is 2.24. The second-order valence-electron chi connectivity index (χ2n) is 8.59. The van der Waals surface area contributed by atoms with E-state index < -0.39 is 0 Å². The maximum atomic E-state index is 13.2. The average molecular weight is 396 g/mol. The topological polar surface area (TPSA) is 81.8 Å². The lowest BCUT2D eigenvalue weighted by Gasteiger charge is -2.21. The molecule has 1 N–H and O–H groups in total. The van der Waals surface area contributed by atoms with Crippen LogP contribution in [-0.4, -0.2) is 25.5 Å². The summed E-state index contributed by atoms with van der Waals surface area (Å²) in [6, 6.07) is 7.68. The van der Waals surface area contributed by atoms with Gasteiger partial charge in [-0.25, -0.2) is 4.68 Å². The number of amides is 1. The summed E-state index contributed by atoms with van der Waals surface area (Å²) < 4.78 is 2.97. The monoisotopic (exact) mass is 395 g/mol. The minimum atomic E-state index is -0.363. The van der Waals surface area contributed by atoms with Gasteiger partial charge in [0.25, 0.3) is 5.56 Å². The van der Waals surface area contributed by atoms with Crippen molar-refractivity contribution in [1.82, 2.24) is 19.6 Å². The van der Waals surface area contributed by atoms with E-state index in [9.17, 15) is 9.59 Å². The number of aromatic nitrogens is 4.